The molecule has 1 aromatic carbocycles. The topological polar surface area (TPSA) is 118 Å². The van der Waals surface area contributed by atoms with E-state index < -0.39 is 26.4 Å². The maximum Gasteiger partial charge on any atom is 0.266 e. The molecule has 0 saturated carbocycles. The van der Waals surface area contributed by atoms with E-state index in [-0.39, 0.29) is 4.90 Å². The van der Waals surface area contributed by atoms with Crippen LogP contribution >= 0.6 is 0 Å². The molecule has 3 N–H and O–H groups in total. The van der Waals surface area contributed by atoms with Gasteiger partial charge in [-0.15, -0.1) is 0 Å². The summed E-state index contributed by atoms with van der Waals surface area (Å²) in [6.07, 6.45) is 2.71. The highest BCUT2D eigenvalue weighted by molar-refractivity contribution is 7.89. The Hall–Kier alpha value is -2.21. The van der Waals surface area contributed by atoms with Gasteiger partial charge in [-0.1, -0.05) is 23.2 Å². The number of hydrogen-bond donors (Lipinski definition) is 2. The van der Waals surface area contributed by atoms with Crippen LogP contribution in [0.25, 0.3) is 0 Å². The molecule has 0 aromatic heterocycles. The van der Waals surface area contributed by atoms with Crippen LogP contribution in [-0.2, 0) is 19.6 Å². The summed E-state index contributed by atoms with van der Waals surface area (Å²) in [6, 6.07) is 3.21. The van der Waals surface area contributed by atoms with Crippen LogP contribution in [0.3, 0.4) is 0 Å². The van der Waals surface area contributed by atoms with E-state index in [0.717, 1.165) is 19.1 Å². The van der Waals surface area contributed by atoms with E-state index in [9.17, 15) is 23.2 Å². The second-order valence-corrected chi connectivity index (χ2v) is 6.07. The SMILES string of the molecule is CCCC#Cc1ccc(S(=O)(=O)N(O)[C@H]([C]=O)C(N)=O)cc1. The first-order chi connectivity index (χ1) is 10.3. The van der Waals surface area contributed by atoms with Crippen molar-refractivity contribution < 1.29 is 23.2 Å². The van der Waals surface area contributed by atoms with Gasteiger partial charge in [0.15, 0.2) is 6.04 Å². The molecule has 1 radical (unpaired) electrons. The third-order valence-corrected chi connectivity index (χ3v) is 4.18. The Balaban J connectivity index is 3.06. The van der Waals surface area contributed by atoms with Gasteiger partial charge < -0.3 is 5.73 Å². The Morgan fingerprint density at radius 3 is 2.41 bits per heavy atom. The second-order valence-electron chi connectivity index (χ2n) is 4.28. The molecule has 0 unspecified atom stereocenters. The number of primary amides is 1. The van der Waals surface area contributed by atoms with Crippen molar-refractivity contribution in [2.24, 2.45) is 5.73 Å². The molecule has 0 aliphatic heterocycles. The molecule has 0 heterocycles. The van der Waals surface area contributed by atoms with Crippen LogP contribution < -0.4 is 5.73 Å². The Kier molecular flexibility index (Phi) is 6.24. The van der Waals surface area contributed by atoms with Gasteiger partial charge in [0, 0.05) is 12.0 Å². The number of carbonyl (C=O) groups excluding carboxylic acids is 2. The van der Waals surface area contributed by atoms with Crippen LogP contribution in [0.2, 0.25) is 0 Å². The lowest BCUT2D eigenvalue weighted by Crippen LogP contribution is -2.46. The third kappa shape index (κ3) is 4.14. The molecule has 7 nitrogen and oxygen atoms in total. The maximum absolute atomic E-state index is 12.1. The third-order valence-electron chi connectivity index (χ3n) is 2.61. The maximum atomic E-state index is 12.1. The van der Waals surface area contributed by atoms with E-state index >= 15 is 0 Å². The van der Waals surface area contributed by atoms with Crippen molar-refractivity contribution in [3.63, 3.8) is 0 Å². The summed E-state index contributed by atoms with van der Waals surface area (Å²) >= 11 is 0. The number of rotatable bonds is 6. The van der Waals surface area contributed by atoms with Gasteiger partial charge in [0.25, 0.3) is 10.0 Å². The first kappa shape index (κ1) is 17.8. The van der Waals surface area contributed by atoms with Gasteiger partial charge in [0.1, 0.15) is 0 Å². The van der Waals surface area contributed by atoms with Crippen molar-refractivity contribution in [2.45, 2.75) is 30.7 Å². The second kappa shape index (κ2) is 7.70. The van der Waals surface area contributed by atoms with E-state index in [1.54, 1.807) is 0 Å². The Morgan fingerprint density at radius 1 is 1.36 bits per heavy atom. The van der Waals surface area contributed by atoms with Crippen LogP contribution in [0, 0.1) is 11.8 Å². The Morgan fingerprint density at radius 2 is 1.95 bits per heavy atom. The van der Waals surface area contributed by atoms with E-state index in [2.05, 4.69) is 11.8 Å². The highest BCUT2D eigenvalue weighted by Gasteiger charge is 2.34. The summed E-state index contributed by atoms with van der Waals surface area (Å²) in [5, 5.41) is 9.56. The number of unbranched alkanes of at least 4 members (excludes halogenated alkanes) is 1. The molecule has 0 spiro atoms. The molecule has 1 aromatic rings. The van der Waals surface area contributed by atoms with Gasteiger partial charge in [-0.2, -0.15) is 0 Å². The first-order valence-corrected chi connectivity index (χ1v) is 7.77. The fraction of sp³-hybridized carbons (Fsp3) is 0.286. The normalized spacial score (nSPS) is 12.3. The molecule has 117 valence electrons. The molecule has 0 fully saturated rings. The fourth-order valence-corrected chi connectivity index (χ4v) is 2.58. The largest absolute Gasteiger partial charge is 0.368 e. The highest BCUT2D eigenvalue weighted by Crippen LogP contribution is 2.16. The number of sulfonamides is 1. The Labute approximate surface area is 128 Å². The van der Waals surface area contributed by atoms with Gasteiger partial charge in [-0.05, 0) is 30.7 Å². The summed E-state index contributed by atoms with van der Waals surface area (Å²) in [7, 11) is -4.46. The zero-order chi connectivity index (χ0) is 16.8. The first-order valence-electron chi connectivity index (χ1n) is 6.33. The number of hydroxylamine groups is 1. The molecule has 22 heavy (non-hydrogen) atoms. The molecule has 8 heteroatoms. The van der Waals surface area contributed by atoms with Crippen molar-refractivity contribution in [1.82, 2.24) is 4.47 Å². The summed E-state index contributed by atoms with van der Waals surface area (Å²) in [4.78, 5) is 21.2. The molecule has 0 saturated heterocycles. The van der Waals surface area contributed by atoms with E-state index in [1.165, 1.54) is 24.3 Å². The Bertz CT molecular complexity index is 701. The predicted molar refractivity (Wildman–Crippen MR) is 77.7 cm³/mol. The van der Waals surface area contributed by atoms with Gasteiger partial charge in [0.05, 0.1) is 4.90 Å². The molecule has 0 bridgehead atoms. The van der Waals surface area contributed by atoms with E-state index in [4.69, 9.17) is 5.73 Å². The van der Waals surface area contributed by atoms with Crippen LogP contribution in [0.1, 0.15) is 25.3 Å². The number of hydrogen-bond acceptors (Lipinski definition) is 5. The standard InChI is InChI=1S/C14H15N2O5S/c1-2-3-4-5-11-6-8-12(9-7-11)22(20,21)16(19)13(10-17)14(15)18/h6-9,13,19H,2-3H2,1H3,(H2,15,18)/t13-/m1/s1. The molecule has 1 rings (SSSR count). The number of amides is 1. The average Bonchev–Trinajstić information content (AvgIpc) is 2.48. The monoisotopic (exact) mass is 323 g/mol. The molecule has 1 amide bonds. The van der Waals surface area contributed by atoms with Gasteiger partial charge >= 0.3 is 0 Å². The zero-order valence-electron chi connectivity index (χ0n) is 11.8. The van der Waals surface area contributed by atoms with Crippen molar-refractivity contribution in [3.05, 3.63) is 29.8 Å². The lowest BCUT2D eigenvalue weighted by molar-refractivity contribution is -0.126. The summed E-state index contributed by atoms with van der Waals surface area (Å²) in [5.74, 6) is 4.42. The summed E-state index contributed by atoms with van der Waals surface area (Å²) in [6.45, 7) is 1.99. The van der Waals surface area contributed by atoms with Crippen molar-refractivity contribution >= 4 is 22.2 Å². The van der Waals surface area contributed by atoms with Crippen LogP contribution in [0.4, 0.5) is 0 Å². The van der Waals surface area contributed by atoms with E-state index in [1.807, 2.05) is 6.92 Å². The molecule has 0 aliphatic rings. The fourth-order valence-electron chi connectivity index (χ4n) is 1.46. The van der Waals surface area contributed by atoms with Crippen molar-refractivity contribution in [3.8, 4) is 11.8 Å². The minimum absolute atomic E-state index is 0.308. The van der Waals surface area contributed by atoms with Crippen LogP contribution in [0.5, 0.6) is 0 Å². The van der Waals surface area contributed by atoms with Crippen molar-refractivity contribution in [1.29, 1.82) is 0 Å². The summed E-state index contributed by atoms with van der Waals surface area (Å²) < 4.78 is 23.7. The lowest BCUT2D eigenvalue weighted by Gasteiger charge is -2.17. The van der Waals surface area contributed by atoms with Gasteiger partial charge in [0.2, 0.25) is 12.2 Å². The van der Waals surface area contributed by atoms with Gasteiger partial charge in [-0.25, -0.2) is 8.42 Å². The average molecular weight is 323 g/mol. The number of benzene rings is 1. The lowest BCUT2D eigenvalue weighted by atomic mass is 10.2. The van der Waals surface area contributed by atoms with E-state index in [0.29, 0.717) is 5.56 Å². The quantitative estimate of drug-likeness (QED) is 0.440. The minimum atomic E-state index is -4.46. The smallest absolute Gasteiger partial charge is 0.266 e. The molecular weight excluding hydrogens is 308 g/mol. The van der Waals surface area contributed by atoms with Crippen molar-refractivity contribution in [2.75, 3.05) is 0 Å². The van der Waals surface area contributed by atoms with Gasteiger partial charge in [-0.3, -0.25) is 14.8 Å². The highest BCUT2D eigenvalue weighted by atomic mass is 32.2. The molecule has 0 aliphatic carbocycles. The summed E-state index contributed by atoms with van der Waals surface area (Å²) in [5.41, 5.74) is 5.43. The molecular formula is C14H15N2O5S. The van der Waals surface area contributed by atoms with Crippen LogP contribution in [0.15, 0.2) is 29.2 Å². The van der Waals surface area contributed by atoms with Crippen LogP contribution in [-0.4, -0.2) is 36.3 Å². The number of nitrogens with two attached hydrogens (primary N) is 1. The number of nitrogens with zero attached hydrogens (tertiary/aromatic N) is 1. The predicted octanol–water partition coefficient (Wildman–Crippen LogP) is 0.182. The molecule has 1 atom stereocenters. The number of carbonyl (C=O) groups is 1. The minimum Gasteiger partial charge on any atom is -0.368 e. The zero-order valence-corrected chi connectivity index (χ0v) is 12.6.